The number of hydrogen-bond acceptors (Lipinski definition) is 4. The highest BCUT2D eigenvalue weighted by atomic mass is 19.1. The monoisotopic (exact) mass is 458 g/mol. The van der Waals surface area contributed by atoms with Gasteiger partial charge in [0.15, 0.2) is 0 Å². The van der Waals surface area contributed by atoms with Gasteiger partial charge >= 0.3 is 0 Å². The van der Waals surface area contributed by atoms with Crippen molar-refractivity contribution in [2.24, 2.45) is 0 Å². The van der Waals surface area contributed by atoms with Gasteiger partial charge in [-0.1, -0.05) is 0 Å². The van der Waals surface area contributed by atoms with Gasteiger partial charge in [-0.15, -0.1) is 0 Å². The number of rotatable bonds is 4. The molecule has 2 aromatic carbocycles. The highest BCUT2D eigenvalue weighted by Gasteiger charge is 2.27. The molecule has 4 rings (SSSR count). The van der Waals surface area contributed by atoms with Crippen molar-refractivity contribution in [2.45, 2.75) is 0 Å². The van der Waals surface area contributed by atoms with Crippen LogP contribution in [0.1, 0.15) is 20.7 Å². The summed E-state index contributed by atoms with van der Waals surface area (Å²) in [4.78, 5) is 32.2. The Morgan fingerprint density at radius 1 is 0.818 bits per heavy atom. The second-order valence-electron chi connectivity index (χ2n) is 7.39. The van der Waals surface area contributed by atoms with E-state index in [2.05, 4.69) is 10.3 Å². The van der Waals surface area contributed by atoms with Crippen molar-refractivity contribution in [3.8, 4) is 0 Å². The second kappa shape index (κ2) is 9.27. The van der Waals surface area contributed by atoms with E-state index in [1.165, 1.54) is 35.4 Å². The van der Waals surface area contributed by atoms with E-state index in [-0.39, 0.29) is 13.1 Å². The molecule has 3 aromatic rings. The largest absolute Gasteiger partial charge is 0.353 e. The number of nitrogens with one attached hydrogen (secondary N) is 1. The van der Waals surface area contributed by atoms with Crippen molar-refractivity contribution in [2.75, 3.05) is 36.4 Å². The maximum Gasteiger partial charge on any atom is 0.259 e. The van der Waals surface area contributed by atoms with Crippen LogP contribution >= 0.6 is 0 Å². The van der Waals surface area contributed by atoms with Gasteiger partial charge in [-0.2, -0.15) is 0 Å². The van der Waals surface area contributed by atoms with E-state index in [0.717, 1.165) is 0 Å². The average molecular weight is 458 g/mol. The Balaban J connectivity index is 1.36. The minimum atomic E-state index is -1.24. The minimum absolute atomic E-state index is 0.194. The van der Waals surface area contributed by atoms with Crippen molar-refractivity contribution < 1.29 is 27.2 Å². The van der Waals surface area contributed by atoms with Crippen LogP contribution < -0.4 is 10.2 Å². The van der Waals surface area contributed by atoms with Crippen LogP contribution in [0.5, 0.6) is 0 Å². The Bertz CT molecular complexity index is 1160. The molecule has 170 valence electrons. The van der Waals surface area contributed by atoms with E-state index in [1.807, 2.05) is 4.90 Å². The Morgan fingerprint density at radius 2 is 1.45 bits per heavy atom. The molecule has 0 radical (unpaired) electrons. The first-order chi connectivity index (χ1) is 15.8. The third-order valence-electron chi connectivity index (χ3n) is 5.22. The summed E-state index contributed by atoms with van der Waals surface area (Å²) in [6.07, 6.45) is 1.47. The van der Waals surface area contributed by atoms with Gasteiger partial charge in [0, 0.05) is 43.9 Å². The van der Waals surface area contributed by atoms with E-state index in [0.29, 0.717) is 42.3 Å². The fourth-order valence-corrected chi connectivity index (χ4v) is 3.49. The summed E-state index contributed by atoms with van der Waals surface area (Å²) in [5.41, 5.74) is -0.0244. The third kappa shape index (κ3) is 4.94. The van der Waals surface area contributed by atoms with Gasteiger partial charge in [-0.3, -0.25) is 9.59 Å². The Kier molecular flexibility index (Phi) is 6.25. The summed E-state index contributed by atoms with van der Waals surface area (Å²) in [7, 11) is 0. The molecule has 0 atom stereocenters. The quantitative estimate of drug-likeness (QED) is 0.604. The van der Waals surface area contributed by atoms with Crippen LogP contribution in [0, 0.1) is 23.3 Å². The lowest BCUT2D eigenvalue weighted by atomic mass is 10.1. The number of pyridine rings is 1. The highest BCUT2D eigenvalue weighted by molar-refractivity contribution is 6.04. The summed E-state index contributed by atoms with van der Waals surface area (Å²) in [5.74, 6) is -4.64. The summed E-state index contributed by atoms with van der Waals surface area (Å²) < 4.78 is 53.9. The Labute approximate surface area is 186 Å². The summed E-state index contributed by atoms with van der Waals surface area (Å²) in [6.45, 7) is 1.12. The normalized spacial score (nSPS) is 13.7. The molecule has 1 aliphatic rings. The molecule has 0 saturated carbocycles. The first-order valence-corrected chi connectivity index (χ1v) is 10.0. The fraction of sp³-hybridized carbons (Fsp3) is 0.174. The van der Waals surface area contributed by atoms with Gasteiger partial charge in [0.05, 0.1) is 11.9 Å². The second-order valence-corrected chi connectivity index (χ2v) is 7.39. The number of aromatic nitrogens is 1. The number of benzene rings is 2. The van der Waals surface area contributed by atoms with Gasteiger partial charge in [0.2, 0.25) is 0 Å². The Morgan fingerprint density at radius 3 is 2.03 bits per heavy atom. The minimum Gasteiger partial charge on any atom is -0.353 e. The zero-order valence-corrected chi connectivity index (χ0v) is 17.2. The predicted octanol–water partition coefficient (Wildman–Crippen LogP) is 3.85. The third-order valence-corrected chi connectivity index (χ3v) is 5.22. The molecule has 0 spiro atoms. The van der Waals surface area contributed by atoms with Gasteiger partial charge in [0.1, 0.15) is 34.7 Å². The van der Waals surface area contributed by atoms with E-state index < -0.39 is 40.6 Å². The lowest BCUT2D eigenvalue weighted by molar-refractivity contribution is 0.0736. The van der Waals surface area contributed by atoms with Crippen molar-refractivity contribution in [3.63, 3.8) is 0 Å². The van der Waals surface area contributed by atoms with Gasteiger partial charge in [0.25, 0.3) is 11.8 Å². The zero-order chi connectivity index (χ0) is 23.5. The SMILES string of the molecule is O=C(Nc1ccc(N2CCN(C(=O)c3c(F)cc(F)cc3F)CC2)nc1)c1ccc(F)cc1. The molecular formula is C23H18F4N4O2. The number of carbonyl (C=O) groups excluding carboxylic acids is 2. The average Bonchev–Trinajstić information content (AvgIpc) is 2.79. The van der Waals surface area contributed by atoms with Crippen molar-refractivity contribution in [3.05, 3.63) is 89.1 Å². The van der Waals surface area contributed by atoms with Crippen LogP contribution in [-0.2, 0) is 0 Å². The molecule has 0 bridgehead atoms. The maximum atomic E-state index is 13.9. The summed E-state index contributed by atoms with van der Waals surface area (Å²) in [5, 5.41) is 2.67. The number of amides is 2. The van der Waals surface area contributed by atoms with E-state index in [4.69, 9.17) is 0 Å². The lowest BCUT2D eigenvalue weighted by Crippen LogP contribution is -2.49. The number of halogens is 4. The molecule has 10 heteroatoms. The highest BCUT2D eigenvalue weighted by Crippen LogP contribution is 2.20. The molecular weight excluding hydrogens is 440 g/mol. The van der Waals surface area contributed by atoms with Gasteiger partial charge in [-0.05, 0) is 36.4 Å². The van der Waals surface area contributed by atoms with Crippen LogP contribution in [0.4, 0.5) is 29.1 Å². The predicted molar refractivity (Wildman–Crippen MR) is 113 cm³/mol. The zero-order valence-electron chi connectivity index (χ0n) is 17.2. The maximum absolute atomic E-state index is 13.9. The van der Waals surface area contributed by atoms with Gasteiger partial charge in [-0.25, -0.2) is 22.5 Å². The van der Waals surface area contributed by atoms with Crippen LogP contribution in [0.25, 0.3) is 0 Å². The number of piperazine rings is 1. The number of carbonyl (C=O) groups is 2. The standard InChI is InChI=1S/C23H18F4N4O2/c24-15-3-1-14(2-4-15)22(32)29-17-5-6-20(28-13-17)30-7-9-31(10-8-30)23(33)21-18(26)11-16(25)12-19(21)27/h1-6,11-13H,7-10H2,(H,29,32). The topological polar surface area (TPSA) is 65.5 Å². The molecule has 1 saturated heterocycles. The molecule has 0 aliphatic carbocycles. The van der Waals surface area contributed by atoms with Gasteiger partial charge < -0.3 is 15.1 Å². The van der Waals surface area contributed by atoms with E-state index in [9.17, 15) is 27.2 Å². The van der Waals surface area contributed by atoms with Crippen LogP contribution in [0.2, 0.25) is 0 Å². The molecule has 1 aliphatic heterocycles. The molecule has 2 heterocycles. The van der Waals surface area contributed by atoms with Crippen molar-refractivity contribution in [1.82, 2.24) is 9.88 Å². The summed E-state index contributed by atoms with van der Waals surface area (Å²) >= 11 is 0. The summed E-state index contributed by atoms with van der Waals surface area (Å²) in [6, 6.07) is 9.44. The Hall–Kier alpha value is -3.95. The molecule has 6 nitrogen and oxygen atoms in total. The van der Waals surface area contributed by atoms with Crippen molar-refractivity contribution in [1.29, 1.82) is 0 Å². The number of hydrogen-bond donors (Lipinski definition) is 1. The first-order valence-electron chi connectivity index (χ1n) is 10.0. The van der Waals surface area contributed by atoms with Crippen LogP contribution in [0.15, 0.2) is 54.7 Å². The smallest absolute Gasteiger partial charge is 0.259 e. The first kappa shape index (κ1) is 22.3. The number of anilines is 2. The molecule has 33 heavy (non-hydrogen) atoms. The van der Waals surface area contributed by atoms with Crippen LogP contribution in [-0.4, -0.2) is 47.9 Å². The fourth-order valence-electron chi connectivity index (χ4n) is 3.49. The molecule has 1 N–H and O–H groups in total. The van der Waals surface area contributed by atoms with E-state index in [1.54, 1.807) is 12.1 Å². The van der Waals surface area contributed by atoms with E-state index >= 15 is 0 Å². The molecule has 2 amide bonds. The lowest BCUT2D eigenvalue weighted by Gasteiger charge is -2.35. The van der Waals surface area contributed by atoms with Crippen LogP contribution in [0.3, 0.4) is 0 Å². The number of nitrogens with zero attached hydrogens (tertiary/aromatic N) is 3. The molecule has 1 aromatic heterocycles. The molecule has 1 fully saturated rings. The van der Waals surface area contributed by atoms with Crippen molar-refractivity contribution >= 4 is 23.3 Å². The molecule has 0 unspecified atom stereocenters.